The lowest BCUT2D eigenvalue weighted by Gasteiger charge is -2.19. The quantitative estimate of drug-likeness (QED) is 0.889. The molecule has 2 unspecified atom stereocenters. The molecule has 0 radical (unpaired) electrons. The number of aromatic amines is 1. The second-order valence-corrected chi connectivity index (χ2v) is 5.94. The van der Waals surface area contributed by atoms with Crippen LogP contribution in [-0.2, 0) is 0 Å². The zero-order valence-corrected chi connectivity index (χ0v) is 11.8. The Bertz CT molecular complexity index is 649. The van der Waals surface area contributed by atoms with Crippen molar-refractivity contribution in [2.24, 2.45) is 0 Å². The van der Waals surface area contributed by atoms with Crippen molar-refractivity contribution >= 4 is 23.2 Å². The lowest BCUT2D eigenvalue weighted by Crippen LogP contribution is -2.26. The largest absolute Gasteiger partial charge is 0.366 e. The van der Waals surface area contributed by atoms with Crippen LogP contribution in [0.5, 0.6) is 0 Å². The van der Waals surface area contributed by atoms with Crippen molar-refractivity contribution in [2.75, 3.05) is 11.6 Å². The number of nitrogens with one attached hydrogen (secondary N) is 2. The van der Waals surface area contributed by atoms with E-state index >= 15 is 0 Å². The van der Waals surface area contributed by atoms with Gasteiger partial charge in [0.25, 0.3) is 0 Å². The molecule has 2 N–H and O–H groups in total. The van der Waals surface area contributed by atoms with Crippen LogP contribution >= 0.6 is 11.8 Å². The number of aryl methyl sites for hydroxylation is 1. The molecule has 0 amide bonds. The highest BCUT2D eigenvalue weighted by atomic mass is 32.2. The zero-order valence-electron chi connectivity index (χ0n) is 11.0. The molecule has 1 aliphatic carbocycles. The minimum Gasteiger partial charge on any atom is -0.366 e. The van der Waals surface area contributed by atoms with Crippen LogP contribution in [0.2, 0.25) is 0 Å². The van der Waals surface area contributed by atoms with Crippen molar-refractivity contribution in [2.45, 2.75) is 37.5 Å². The van der Waals surface area contributed by atoms with Crippen LogP contribution in [0.15, 0.2) is 10.9 Å². The summed E-state index contributed by atoms with van der Waals surface area (Å²) >= 11 is 1.90. The van der Waals surface area contributed by atoms with Gasteiger partial charge in [0, 0.05) is 17.4 Å². The van der Waals surface area contributed by atoms with Crippen molar-refractivity contribution in [3.63, 3.8) is 0 Å². The second-order valence-electron chi connectivity index (χ2n) is 4.87. The van der Waals surface area contributed by atoms with Gasteiger partial charge in [0.15, 0.2) is 5.65 Å². The summed E-state index contributed by atoms with van der Waals surface area (Å²) in [6.45, 7) is 1.82. The summed E-state index contributed by atoms with van der Waals surface area (Å²) in [5.74, 6) is 1.45. The van der Waals surface area contributed by atoms with Crippen molar-refractivity contribution in [1.82, 2.24) is 19.6 Å². The summed E-state index contributed by atoms with van der Waals surface area (Å²) in [7, 11) is 0. The van der Waals surface area contributed by atoms with Gasteiger partial charge in [-0.2, -0.15) is 16.9 Å². The minimum absolute atomic E-state index is 0.241. The molecule has 102 valence electrons. The molecule has 3 rings (SSSR count). The van der Waals surface area contributed by atoms with Gasteiger partial charge in [0.2, 0.25) is 0 Å². The molecule has 0 aliphatic heterocycles. The van der Waals surface area contributed by atoms with Crippen LogP contribution in [-0.4, -0.2) is 37.1 Å². The fourth-order valence-electron chi connectivity index (χ4n) is 2.73. The van der Waals surface area contributed by atoms with Gasteiger partial charge in [0.1, 0.15) is 11.6 Å². The van der Waals surface area contributed by atoms with E-state index in [1.807, 2.05) is 24.8 Å². The van der Waals surface area contributed by atoms with E-state index in [0.717, 1.165) is 5.82 Å². The predicted molar refractivity (Wildman–Crippen MR) is 76.9 cm³/mol. The third-order valence-electron chi connectivity index (χ3n) is 3.66. The Kier molecular flexibility index (Phi) is 3.22. The molecule has 0 bridgehead atoms. The van der Waals surface area contributed by atoms with Crippen LogP contribution in [0, 0.1) is 6.92 Å². The van der Waals surface area contributed by atoms with Gasteiger partial charge in [-0.1, -0.05) is 6.42 Å². The third-order valence-corrected chi connectivity index (χ3v) is 4.83. The van der Waals surface area contributed by atoms with Gasteiger partial charge in [-0.25, -0.2) is 19.3 Å². The first-order valence-corrected chi connectivity index (χ1v) is 7.72. The predicted octanol–water partition coefficient (Wildman–Crippen LogP) is 1.42. The van der Waals surface area contributed by atoms with Crippen LogP contribution in [0.4, 0.5) is 5.82 Å². The summed E-state index contributed by atoms with van der Waals surface area (Å²) in [6.07, 6.45) is 5.83. The highest BCUT2D eigenvalue weighted by molar-refractivity contribution is 7.99. The van der Waals surface area contributed by atoms with Crippen molar-refractivity contribution in [3.05, 3.63) is 22.4 Å². The first kappa shape index (κ1) is 12.5. The molecule has 1 saturated carbocycles. The average molecular weight is 279 g/mol. The molecule has 1 aliphatic rings. The maximum Gasteiger partial charge on any atom is 0.349 e. The Hall–Kier alpha value is -1.50. The number of nitrogens with zero attached hydrogens (tertiary/aromatic N) is 3. The number of thioether (sulfide) groups is 1. The summed E-state index contributed by atoms with van der Waals surface area (Å²) in [6, 6.07) is 2.27. The fraction of sp³-hybridized carbons (Fsp3) is 0.583. The maximum absolute atomic E-state index is 11.5. The average Bonchev–Trinajstić information content (AvgIpc) is 2.96. The van der Waals surface area contributed by atoms with E-state index in [1.165, 1.54) is 23.7 Å². The Morgan fingerprint density at radius 3 is 3.16 bits per heavy atom. The molecule has 1 fully saturated rings. The first-order chi connectivity index (χ1) is 9.19. The van der Waals surface area contributed by atoms with Gasteiger partial charge >= 0.3 is 5.69 Å². The summed E-state index contributed by atoms with van der Waals surface area (Å²) in [5.41, 5.74) is 0.369. The lowest BCUT2D eigenvalue weighted by atomic mass is 10.2. The van der Waals surface area contributed by atoms with E-state index in [4.69, 9.17) is 0 Å². The van der Waals surface area contributed by atoms with E-state index in [2.05, 4.69) is 26.8 Å². The second kappa shape index (κ2) is 4.88. The molecule has 19 heavy (non-hydrogen) atoms. The molecular weight excluding hydrogens is 262 g/mol. The number of aromatic nitrogens is 4. The number of hydrogen-bond donors (Lipinski definition) is 2. The Morgan fingerprint density at radius 2 is 2.37 bits per heavy atom. The molecule has 7 heteroatoms. The lowest BCUT2D eigenvalue weighted by molar-refractivity contribution is 0.760. The number of hydrogen-bond acceptors (Lipinski definition) is 5. The molecule has 2 aromatic rings. The van der Waals surface area contributed by atoms with E-state index in [9.17, 15) is 4.79 Å². The van der Waals surface area contributed by atoms with Gasteiger partial charge in [-0.15, -0.1) is 0 Å². The highest BCUT2D eigenvalue weighted by Gasteiger charge is 2.26. The highest BCUT2D eigenvalue weighted by Crippen LogP contribution is 2.30. The van der Waals surface area contributed by atoms with Gasteiger partial charge in [-0.05, 0) is 26.0 Å². The normalized spacial score (nSPS) is 23.1. The van der Waals surface area contributed by atoms with Crippen molar-refractivity contribution < 1.29 is 0 Å². The van der Waals surface area contributed by atoms with E-state index in [-0.39, 0.29) is 5.69 Å². The molecule has 0 aromatic carbocycles. The first-order valence-electron chi connectivity index (χ1n) is 6.43. The van der Waals surface area contributed by atoms with E-state index in [0.29, 0.717) is 22.8 Å². The number of fused-ring (bicyclic) bond motifs is 1. The van der Waals surface area contributed by atoms with E-state index < -0.39 is 0 Å². The number of H-pyrrole nitrogens is 1. The molecule has 6 nitrogen and oxygen atoms in total. The van der Waals surface area contributed by atoms with Crippen LogP contribution < -0.4 is 11.0 Å². The number of rotatable bonds is 3. The Morgan fingerprint density at radius 1 is 1.53 bits per heavy atom. The molecule has 2 aromatic heterocycles. The topological polar surface area (TPSA) is 75.1 Å². The molecule has 0 saturated heterocycles. The number of anilines is 1. The smallest absolute Gasteiger partial charge is 0.349 e. The molecular formula is C12H17N5OS. The zero-order chi connectivity index (χ0) is 13.4. The van der Waals surface area contributed by atoms with Gasteiger partial charge in [0.05, 0.1) is 0 Å². The van der Waals surface area contributed by atoms with Crippen molar-refractivity contribution in [1.29, 1.82) is 0 Å². The SMILES string of the molecule is CSC1CCCC1Nc1cc2n[nH]c(=O)n2c(C)n1. The minimum atomic E-state index is -0.241. The Labute approximate surface area is 115 Å². The summed E-state index contributed by atoms with van der Waals surface area (Å²) in [4.78, 5) is 16.0. The molecule has 2 atom stereocenters. The van der Waals surface area contributed by atoms with Crippen LogP contribution in [0.1, 0.15) is 25.1 Å². The van der Waals surface area contributed by atoms with Gasteiger partial charge < -0.3 is 5.32 Å². The summed E-state index contributed by atoms with van der Waals surface area (Å²) in [5, 5.41) is 10.6. The maximum atomic E-state index is 11.5. The molecule has 0 spiro atoms. The van der Waals surface area contributed by atoms with E-state index in [1.54, 1.807) is 0 Å². The van der Waals surface area contributed by atoms with Crippen molar-refractivity contribution in [3.8, 4) is 0 Å². The third kappa shape index (κ3) is 2.22. The fourth-order valence-corrected chi connectivity index (χ4v) is 3.67. The Balaban J connectivity index is 1.91. The summed E-state index contributed by atoms with van der Waals surface area (Å²) < 4.78 is 1.48. The standard InChI is InChI=1S/C12H17N5OS/c1-7-13-10(6-11-15-16-12(18)17(7)11)14-8-4-3-5-9(8)19-2/h6,8-9,14H,3-5H2,1-2H3,(H,16,18). The molecule has 2 heterocycles. The van der Waals surface area contributed by atoms with Crippen LogP contribution in [0.3, 0.4) is 0 Å². The van der Waals surface area contributed by atoms with Gasteiger partial charge in [-0.3, -0.25) is 0 Å². The van der Waals surface area contributed by atoms with Crippen LogP contribution in [0.25, 0.3) is 5.65 Å². The monoisotopic (exact) mass is 279 g/mol.